The summed E-state index contributed by atoms with van der Waals surface area (Å²) in [7, 11) is 1.63. The van der Waals surface area contributed by atoms with Crippen LogP contribution in [-0.2, 0) is 11.2 Å². The van der Waals surface area contributed by atoms with E-state index in [1.54, 1.807) is 7.11 Å². The molecule has 2 aromatic carbocycles. The largest absolute Gasteiger partial charge is 0.496 e. The van der Waals surface area contributed by atoms with Gasteiger partial charge in [-0.15, -0.1) is 11.3 Å². The van der Waals surface area contributed by atoms with Gasteiger partial charge in [0.15, 0.2) is 16.6 Å². The van der Waals surface area contributed by atoms with Gasteiger partial charge in [-0.1, -0.05) is 31.5 Å². The van der Waals surface area contributed by atoms with E-state index >= 15 is 0 Å². The Hall–Kier alpha value is -3.06. The van der Waals surface area contributed by atoms with Crippen molar-refractivity contribution >= 4 is 22.4 Å². The number of amides is 1. The van der Waals surface area contributed by atoms with E-state index < -0.39 is 0 Å². The molecular formula is C25H30N2O4S. The zero-order valence-corrected chi connectivity index (χ0v) is 19.7. The Labute approximate surface area is 193 Å². The molecule has 32 heavy (non-hydrogen) atoms. The molecule has 0 atom stereocenters. The average Bonchev–Trinajstić information content (AvgIpc) is 3.27. The van der Waals surface area contributed by atoms with Crippen molar-refractivity contribution in [3.63, 3.8) is 0 Å². The van der Waals surface area contributed by atoms with Gasteiger partial charge in [0.1, 0.15) is 5.75 Å². The second kappa shape index (κ2) is 12.1. The Balaban J connectivity index is 1.58. The van der Waals surface area contributed by atoms with Gasteiger partial charge < -0.3 is 19.5 Å². The van der Waals surface area contributed by atoms with Crippen LogP contribution in [0.2, 0.25) is 0 Å². The number of nitrogens with zero attached hydrogens (tertiary/aromatic N) is 1. The van der Waals surface area contributed by atoms with Crippen molar-refractivity contribution in [3.05, 3.63) is 53.4 Å². The maximum Gasteiger partial charge on any atom is 0.226 e. The SMILES string of the molecule is CCCCOc1ccc(CCC(=O)Nc2nc(-c3ccccc3OC)cs2)cc1OCC. The number of hydrogen-bond acceptors (Lipinski definition) is 6. The van der Waals surface area contributed by atoms with Crippen LogP contribution in [0.4, 0.5) is 5.13 Å². The summed E-state index contributed by atoms with van der Waals surface area (Å²) in [4.78, 5) is 17.0. The molecule has 0 unspecified atom stereocenters. The van der Waals surface area contributed by atoms with E-state index in [0.717, 1.165) is 46.9 Å². The second-order valence-corrected chi connectivity index (χ2v) is 8.06. The molecule has 0 aliphatic carbocycles. The maximum absolute atomic E-state index is 12.5. The third kappa shape index (κ3) is 6.47. The molecule has 3 rings (SSSR count). The molecule has 1 heterocycles. The quantitative estimate of drug-likeness (QED) is 0.342. The molecule has 1 amide bonds. The zero-order valence-electron chi connectivity index (χ0n) is 18.8. The van der Waals surface area contributed by atoms with Crippen LogP contribution >= 0.6 is 11.3 Å². The van der Waals surface area contributed by atoms with Crippen LogP contribution < -0.4 is 19.5 Å². The predicted molar refractivity (Wildman–Crippen MR) is 129 cm³/mol. The number of unbranched alkanes of at least 4 members (excludes halogenated alkanes) is 1. The van der Waals surface area contributed by atoms with Gasteiger partial charge in [-0.05, 0) is 49.6 Å². The number of para-hydroxylation sites is 1. The fraction of sp³-hybridized carbons (Fsp3) is 0.360. The fourth-order valence-corrected chi connectivity index (χ4v) is 3.90. The first-order valence-corrected chi connectivity index (χ1v) is 11.8. The summed E-state index contributed by atoms with van der Waals surface area (Å²) in [6.45, 7) is 5.31. The van der Waals surface area contributed by atoms with E-state index in [1.807, 2.05) is 54.8 Å². The highest BCUT2D eigenvalue weighted by molar-refractivity contribution is 7.14. The van der Waals surface area contributed by atoms with Crippen molar-refractivity contribution in [3.8, 4) is 28.5 Å². The molecule has 0 aliphatic rings. The summed E-state index contributed by atoms with van der Waals surface area (Å²) in [5.41, 5.74) is 2.71. The molecule has 0 spiro atoms. The van der Waals surface area contributed by atoms with Crippen molar-refractivity contribution < 1.29 is 19.0 Å². The predicted octanol–water partition coefficient (Wildman–Crippen LogP) is 5.97. The van der Waals surface area contributed by atoms with Gasteiger partial charge in [0.2, 0.25) is 5.91 Å². The lowest BCUT2D eigenvalue weighted by atomic mass is 10.1. The van der Waals surface area contributed by atoms with E-state index in [9.17, 15) is 4.79 Å². The number of methoxy groups -OCH3 is 1. The number of carbonyl (C=O) groups is 1. The number of carbonyl (C=O) groups excluding carboxylic acids is 1. The van der Waals surface area contributed by atoms with Crippen LogP contribution in [-0.4, -0.2) is 31.2 Å². The minimum atomic E-state index is -0.0767. The van der Waals surface area contributed by atoms with Crippen LogP contribution in [0, 0.1) is 0 Å². The Kier molecular flexibility index (Phi) is 8.92. The van der Waals surface area contributed by atoms with Crippen molar-refractivity contribution in [2.45, 2.75) is 39.5 Å². The minimum absolute atomic E-state index is 0.0767. The van der Waals surface area contributed by atoms with Crippen molar-refractivity contribution in [2.75, 3.05) is 25.6 Å². The molecule has 6 nitrogen and oxygen atoms in total. The highest BCUT2D eigenvalue weighted by atomic mass is 32.1. The molecule has 7 heteroatoms. The van der Waals surface area contributed by atoms with E-state index in [4.69, 9.17) is 14.2 Å². The maximum atomic E-state index is 12.5. The van der Waals surface area contributed by atoms with Gasteiger partial charge in [-0.2, -0.15) is 0 Å². The second-order valence-electron chi connectivity index (χ2n) is 7.20. The first-order valence-electron chi connectivity index (χ1n) is 10.9. The first-order chi connectivity index (χ1) is 15.6. The summed E-state index contributed by atoms with van der Waals surface area (Å²) in [5, 5.41) is 5.39. The van der Waals surface area contributed by atoms with Crippen LogP contribution in [0.1, 0.15) is 38.7 Å². The lowest BCUT2D eigenvalue weighted by Gasteiger charge is -2.13. The Bertz CT molecular complexity index is 1020. The Morgan fingerprint density at radius 3 is 2.69 bits per heavy atom. The number of rotatable bonds is 12. The monoisotopic (exact) mass is 454 g/mol. The van der Waals surface area contributed by atoms with E-state index in [2.05, 4.69) is 17.2 Å². The lowest BCUT2D eigenvalue weighted by Crippen LogP contribution is -2.12. The van der Waals surface area contributed by atoms with Gasteiger partial charge in [0.25, 0.3) is 0 Å². The number of aryl methyl sites for hydroxylation is 1. The highest BCUT2D eigenvalue weighted by Gasteiger charge is 2.12. The van der Waals surface area contributed by atoms with E-state index in [0.29, 0.717) is 31.2 Å². The third-order valence-corrected chi connectivity index (χ3v) is 5.60. The first kappa shape index (κ1) is 23.6. The van der Waals surface area contributed by atoms with Crippen LogP contribution in [0.15, 0.2) is 47.8 Å². The zero-order chi connectivity index (χ0) is 22.8. The van der Waals surface area contributed by atoms with E-state index in [-0.39, 0.29) is 5.91 Å². The standard InChI is InChI=1S/C25H30N2O4S/c1-4-6-15-31-22-13-11-18(16-23(22)30-5-2)12-14-24(28)27-25-26-20(17-32-25)19-9-7-8-10-21(19)29-3/h7-11,13,16-17H,4-6,12,14-15H2,1-3H3,(H,26,27,28). The van der Waals surface area contributed by atoms with Gasteiger partial charge in [-0.25, -0.2) is 4.98 Å². The van der Waals surface area contributed by atoms with Crippen LogP contribution in [0.3, 0.4) is 0 Å². The van der Waals surface area contributed by atoms with Gasteiger partial charge in [-0.3, -0.25) is 4.79 Å². The number of hydrogen-bond donors (Lipinski definition) is 1. The highest BCUT2D eigenvalue weighted by Crippen LogP contribution is 2.32. The molecule has 0 bridgehead atoms. The number of anilines is 1. The van der Waals surface area contributed by atoms with Crippen molar-refractivity contribution in [2.24, 2.45) is 0 Å². The van der Waals surface area contributed by atoms with Crippen molar-refractivity contribution in [1.82, 2.24) is 4.98 Å². The summed E-state index contributed by atoms with van der Waals surface area (Å²) < 4.78 is 17.0. The topological polar surface area (TPSA) is 69.7 Å². The molecule has 0 aliphatic heterocycles. The van der Waals surface area contributed by atoms with Crippen molar-refractivity contribution in [1.29, 1.82) is 0 Å². The smallest absolute Gasteiger partial charge is 0.226 e. The van der Waals surface area contributed by atoms with Gasteiger partial charge in [0.05, 0.1) is 26.0 Å². The third-order valence-electron chi connectivity index (χ3n) is 4.84. The molecule has 1 N–H and O–H groups in total. The average molecular weight is 455 g/mol. The molecule has 0 saturated heterocycles. The van der Waals surface area contributed by atoms with Crippen LogP contribution in [0.25, 0.3) is 11.3 Å². The molecule has 170 valence electrons. The molecule has 1 aromatic heterocycles. The minimum Gasteiger partial charge on any atom is -0.496 e. The molecular weight excluding hydrogens is 424 g/mol. The number of thiazole rings is 1. The summed E-state index contributed by atoms with van der Waals surface area (Å²) in [5.74, 6) is 2.15. The number of nitrogens with one attached hydrogen (secondary N) is 1. The van der Waals surface area contributed by atoms with Crippen LogP contribution in [0.5, 0.6) is 17.2 Å². The van der Waals surface area contributed by atoms with E-state index in [1.165, 1.54) is 11.3 Å². The Morgan fingerprint density at radius 2 is 1.91 bits per heavy atom. The molecule has 3 aromatic rings. The Morgan fingerprint density at radius 1 is 1.06 bits per heavy atom. The lowest BCUT2D eigenvalue weighted by molar-refractivity contribution is -0.116. The van der Waals surface area contributed by atoms with Gasteiger partial charge in [0, 0.05) is 17.4 Å². The summed E-state index contributed by atoms with van der Waals surface area (Å²) >= 11 is 1.40. The fourth-order valence-electron chi connectivity index (χ4n) is 3.17. The molecule has 0 saturated carbocycles. The molecule has 0 fully saturated rings. The normalized spacial score (nSPS) is 10.6. The van der Waals surface area contributed by atoms with Gasteiger partial charge >= 0.3 is 0 Å². The number of benzene rings is 2. The number of aromatic nitrogens is 1. The summed E-state index contributed by atoms with van der Waals surface area (Å²) in [6, 6.07) is 13.6. The molecule has 0 radical (unpaired) electrons. The number of ether oxygens (including phenoxy) is 3. The summed E-state index contributed by atoms with van der Waals surface area (Å²) in [6.07, 6.45) is 3.04.